The molecule has 1 fully saturated rings. The number of nitrogens with zero attached hydrogens (tertiary/aromatic N) is 3. The van der Waals surface area contributed by atoms with Gasteiger partial charge in [-0.25, -0.2) is 0 Å². The van der Waals surface area contributed by atoms with Gasteiger partial charge in [0.15, 0.2) is 6.29 Å². The normalized spacial score (nSPS) is 17.5. The van der Waals surface area contributed by atoms with Crippen molar-refractivity contribution in [2.45, 2.75) is 38.4 Å². The minimum absolute atomic E-state index is 0.133. The van der Waals surface area contributed by atoms with Crippen LogP contribution < -0.4 is 4.90 Å². The third-order valence-corrected chi connectivity index (χ3v) is 6.83. The van der Waals surface area contributed by atoms with E-state index < -0.39 is 0 Å². The maximum absolute atomic E-state index is 14.4. The molecule has 0 bridgehead atoms. The Labute approximate surface area is 187 Å². The molecule has 1 aromatic carbocycles. The van der Waals surface area contributed by atoms with Crippen molar-refractivity contribution in [3.63, 3.8) is 0 Å². The number of halogens is 1. The highest BCUT2D eigenvalue weighted by atomic mass is 19.1. The molecule has 0 saturated carbocycles. The van der Waals surface area contributed by atoms with E-state index in [2.05, 4.69) is 39.4 Å². The lowest BCUT2D eigenvalue weighted by atomic mass is 9.93. The zero-order valence-electron chi connectivity index (χ0n) is 18.6. The molecule has 1 saturated heterocycles. The van der Waals surface area contributed by atoms with Crippen LogP contribution in [0.4, 0.5) is 10.1 Å². The van der Waals surface area contributed by atoms with Crippen LogP contribution in [-0.2, 0) is 15.9 Å². The van der Waals surface area contributed by atoms with E-state index in [1.807, 2.05) is 12.3 Å². The van der Waals surface area contributed by atoms with Crippen LogP contribution >= 0.6 is 0 Å². The lowest BCUT2D eigenvalue weighted by Gasteiger charge is -2.36. The Hall–Kier alpha value is -2.77. The summed E-state index contributed by atoms with van der Waals surface area (Å²) in [7, 11) is 3.41. The quantitative estimate of drug-likeness (QED) is 0.588. The lowest BCUT2D eigenvalue weighted by molar-refractivity contribution is -0.141. The van der Waals surface area contributed by atoms with Crippen molar-refractivity contribution in [3.05, 3.63) is 59.3 Å². The van der Waals surface area contributed by atoms with Gasteiger partial charge in [-0.1, -0.05) is 12.1 Å². The maximum atomic E-state index is 14.4. The van der Waals surface area contributed by atoms with Crippen molar-refractivity contribution < 1.29 is 13.9 Å². The molecule has 6 nitrogen and oxygen atoms in total. The number of aromatic nitrogens is 3. The molecule has 3 heterocycles. The Morgan fingerprint density at radius 3 is 2.66 bits per heavy atom. The summed E-state index contributed by atoms with van der Waals surface area (Å²) >= 11 is 0. The van der Waals surface area contributed by atoms with Gasteiger partial charge in [0.2, 0.25) is 5.95 Å². The minimum atomic E-state index is -0.353. The summed E-state index contributed by atoms with van der Waals surface area (Å²) in [6, 6.07) is 8.18. The van der Waals surface area contributed by atoms with Crippen molar-refractivity contribution in [1.29, 1.82) is 0 Å². The Kier molecular flexibility index (Phi) is 5.93. The molecule has 1 N–H and O–H groups in total. The number of piperidine rings is 1. The van der Waals surface area contributed by atoms with Gasteiger partial charge >= 0.3 is 0 Å². The number of ether oxygens (including phenoxy) is 2. The molecule has 0 atom stereocenters. The summed E-state index contributed by atoms with van der Waals surface area (Å²) in [4.78, 5) is 7.19. The van der Waals surface area contributed by atoms with Crippen molar-refractivity contribution in [3.8, 4) is 0 Å². The predicted octanol–water partition coefficient (Wildman–Crippen LogP) is 4.70. The fourth-order valence-corrected chi connectivity index (χ4v) is 5.17. The molecule has 1 aliphatic carbocycles. The number of fused-ring (bicyclic) bond motifs is 3. The largest absolute Gasteiger partial charge is 0.370 e. The van der Waals surface area contributed by atoms with E-state index in [1.165, 1.54) is 0 Å². The Morgan fingerprint density at radius 1 is 1.12 bits per heavy atom. The molecule has 168 valence electrons. The van der Waals surface area contributed by atoms with Gasteiger partial charge < -0.3 is 14.4 Å². The van der Waals surface area contributed by atoms with Crippen LogP contribution in [-0.4, -0.2) is 48.8 Å². The summed E-state index contributed by atoms with van der Waals surface area (Å²) in [6.07, 6.45) is 8.88. The van der Waals surface area contributed by atoms with E-state index in [0.29, 0.717) is 16.8 Å². The second kappa shape index (κ2) is 9.00. The van der Waals surface area contributed by atoms with E-state index in [4.69, 9.17) is 14.5 Å². The monoisotopic (exact) mass is 436 g/mol. The van der Waals surface area contributed by atoms with Gasteiger partial charge in [-0.05, 0) is 61.4 Å². The summed E-state index contributed by atoms with van der Waals surface area (Å²) in [6.45, 7) is 1.91. The zero-order chi connectivity index (χ0) is 22.1. The number of hydrogen-bond acceptors (Lipinski definition) is 5. The summed E-state index contributed by atoms with van der Waals surface area (Å²) in [5.41, 5.74) is 5.89. The fraction of sp³-hybridized carbons (Fsp3) is 0.440. The lowest BCUT2D eigenvalue weighted by Crippen LogP contribution is -2.39. The van der Waals surface area contributed by atoms with Crippen molar-refractivity contribution in [2.75, 3.05) is 32.2 Å². The van der Waals surface area contributed by atoms with Gasteiger partial charge in [0.25, 0.3) is 0 Å². The second-order valence-electron chi connectivity index (χ2n) is 8.60. The Balaban J connectivity index is 1.38. The molecule has 0 radical (unpaired) electrons. The number of rotatable bonds is 5. The number of aryl methyl sites for hydroxylation is 1. The van der Waals surface area contributed by atoms with Gasteiger partial charge in [0.1, 0.15) is 0 Å². The Bertz CT molecular complexity index is 1110. The van der Waals surface area contributed by atoms with Crippen LogP contribution in [0.5, 0.6) is 0 Å². The summed E-state index contributed by atoms with van der Waals surface area (Å²) < 4.78 is 25.3. The third kappa shape index (κ3) is 3.80. The van der Waals surface area contributed by atoms with Gasteiger partial charge in [-0.3, -0.25) is 10.1 Å². The standard InChI is InChI=1S/C25H29FN4O2/c1-31-25(32-2)16-11-13-30(14-12-16)17-7-9-21(27-15-17)19-5-3-4-6-20-18(19)8-10-22-23(20)24(26)29-28-22/h5,7-10,15-16,25H,3-4,6,11-14H2,1-2H3,(H,28,29). The number of H-pyrrole nitrogens is 1. The van der Waals surface area contributed by atoms with Crippen molar-refractivity contribution in [2.24, 2.45) is 5.92 Å². The average Bonchev–Trinajstić information content (AvgIpc) is 3.08. The number of anilines is 1. The first-order valence-corrected chi connectivity index (χ1v) is 11.3. The number of aromatic amines is 1. The summed E-state index contributed by atoms with van der Waals surface area (Å²) in [5, 5.41) is 7.19. The highest BCUT2D eigenvalue weighted by Gasteiger charge is 2.27. The zero-order valence-corrected chi connectivity index (χ0v) is 18.6. The smallest absolute Gasteiger partial charge is 0.217 e. The van der Waals surface area contributed by atoms with Crippen LogP contribution in [0.3, 0.4) is 0 Å². The first-order valence-electron chi connectivity index (χ1n) is 11.3. The number of allylic oxidation sites excluding steroid dienone is 1. The molecule has 0 amide bonds. The highest BCUT2D eigenvalue weighted by Crippen LogP contribution is 2.35. The van der Waals surface area contributed by atoms with Crippen LogP contribution in [0, 0.1) is 11.9 Å². The van der Waals surface area contributed by atoms with E-state index in [0.717, 1.165) is 73.3 Å². The topological polar surface area (TPSA) is 63.3 Å². The number of benzene rings is 1. The van der Waals surface area contributed by atoms with Gasteiger partial charge in [0, 0.05) is 38.8 Å². The first kappa shape index (κ1) is 21.1. The minimum Gasteiger partial charge on any atom is -0.370 e. The molecule has 0 unspecified atom stereocenters. The summed E-state index contributed by atoms with van der Waals surface area (Å²) in [5.74, 6) is 0.0651. The maximum Gasteiger partial charge on any atom is 0.217 e. The number of hydrogen-bond donors (Lipinski definition) is 1. The second-order valence-corrected chi connectivity index (χ2v) is 8.60. The van der Waals surface area contributed by atoms with E-state index in [-0.39, 0.29) is 12.2 Å². The van der Waals surface area contributed by atoms with E-state index >= 15 is 0 Å². The third-order valence-electron chi connectivity index (χ3n) is 6.83. The van der Waals surface area contributed by atoms with Gasteiger partial charge in [-0.15, -0.1) is 0 Å². The van der Waals surface area contributed by atoms with Crippen LogP contribution in [0.25, 0.3) is 16.5 Å². The molecule has 32 heavy (non-hydrogen) atoms. The van der Waals surface area contributed by atoms with Crippen molar-refractivity contribution in [1.82, 2.24) is 15.2 Å². The fourth-order valence-electron chi connectivity index (χ4n) is 5.17. The Morgan fingerprint density at radius 2 is 1.94 bits per heavy atom. The highest BCUT2D eigenvalue weighted by molar-refractivity contribution is 5.91. The van der Waals surface area contributed by atoms with Gasteiger partial charge in [0.05, 0.1) is 28.5 Å². The first-order chi connectivity index (χ1) is 15.7. The molecule has 3 aromatic rings. The van der Waals surface area contributed by atoms with Crippen molar-refractivity contribution >= 4 is 22.2 Å². The molecule has 5 rings (SSSR count). The van der Waals surface area contributed by atoms with Gasteiger partial charge in [-0.2, -0.15) is 9.49 Å². The van der Waals surface area contributed by atoms with Crippen LogP contribution in [0.2, 0.25) is 0 Å². The van der Waals surface area contributed by atoms with Crippen LogP contribution in [0.1, 0.15) is 42.5 Å². The van der Waals surface area contributed by atoms with Crippen LogP contribution in [0.15, 0.2) is 36.5 Å². The molecule has 1 aliphatic heterocycles. The number of methoxy groups -OCH3 is 2. The molecule has 2 aromatic heterocycles. The molecule has 7 heteroatoms. The van der Waals surface area contributed by atoms with E-state index in [9.17, 15) is 4.39 Å². The number of pyridine rings is 1. The average molecular weight is 437 g/mol. The molecular weight excluding hydrogens is 407 g/mol. The van der Waals surface area contributed by atoms with E-state index in [1.54, 1.807) is 14.2 Å². The SMILES string of the molecule is COC(OC)C1CCN(c2ccc(C3=CCCCc4c3ccc3n[nH]c(F)c43)nc2)CC1. The predicted molar refractivity (Wildman–Crippen MR) is 123 cm³/mol. The molecule has 0 spiro atoms. The molecular formula is C25H29FN4O2. The molecule has 2 aliphatic rings. The number of nitrogens with one attached hydrogen (secondary N) is 1.